The molecule has 0 radical (unpaired) electrons. The van der Waals surface area contributed by atoms with E-state index in [0.717, 1.165) is 10.6 Å². The molecule has 124 valence electrons. The van der Waals surface area contributed by atoms with Crippen LogP contribution in [0, 0.1) is 5.92 Å². The van der Waals surface area contributed by atoms with E-state index in [2.05, 4.69) is 5.32 Å². The van der Waals surface area contributed by atoms with Gasteiger partial charge in [-0.1, -0.05) is 43.1 Å². The van der Waals surface area contributed by atoms with Crippen molar-refractivity contribution < 1.29 is 13.2 Å². The molecule has 0 heterocycles. The third-order valence-electron chi connectivity index (χ3n) is 2.82. The Morgan fingerprint density at radius 1 is 1.27 bits per heavy atom. The van der Waals surface area contributed by atoms with Gasteiger partial charge in [0.2, 0.25) is 15.9 Å². The van der Waals surface area contributed by atoms with Crippen LogP contribution in [-0.4, -0.2) is 33.7 Å². The van der Waals surface area contributed by atoms with E-state index in [9.17, 15) is 13.2 Å². The summed E-state index contributed by atoms with van der Waals surface area (Å²) in [5, 5.41) is 3.18. The molecule has 0 bridgehead atoms. The quantitative estimate of drug-likeness (QED) is 0.806. The number of halogens is 2. The van der Waals surface area contributed by atoms with Gasteiger partial charge in [0.1, 0.15) is 0 Å². The number of para-hydroxylation sites is 1. The van der Waals surface area contributed by atoms with Crippen LogP contribution in [0.3, 0.4) is 0 Å². The van der Waals surface area contributed by atoms with Crippen LogP contribution in [0.4, 0.5) is 5.69 Å². The second-order valence-corrected chi connectivity index (χ2v) is 8.07. The maximum atomic E-state index is 12.0. The smallest absolute Gasteiger partial charge is 0.232 e. The van der Waals surface area contributed by atoms with E-state index in [1.54, 1.807) is 18.2 Å². The fourth-order valence-corrected chi connectivity index (χ4v) is 3.56. The zero-order valence-electron chi connectivity index (χ0n) is 12.8. The number of hydrogen-bond donors (Lipinski definition) is 1. The average Bonchev–Trinajstić information content (AvgIpc) is 2.34. The predicted octanol–water partition coefficient (Wildman–Crippen LogP) is 2.92. The van der Waals surface area contributed by atoms with Crippen molar-refractivity contribution >= 4 is 44.8 Å². The minimum Gasteiger partial charge on any atom is -0.354 e. The van der Waals surface area contributed by atoms with Gasteiger partial charge in [0.05, 0.1) is 28.5 Å². The number of rotatable bonds is 7. The van der Waals surface area contributed by atoms with Crippen LogP contribution in [0.5, 0.6) is 0 Å². The number of hydrogen-bond acceptors (Lipinski definition) is 3. The summed E-state index contributed by atoms with van der Waals surface area (Å²) < 4.78 is 25.1. The highest BCUT2D eigenvalue weighted by Crippen LogP contribution is 2.34. The molecule has 22 heavy (non-hydrogen) atoms. The predicted molar refractivity (Wildman–Crippen MR) is 91.1 cm³/mol. The van der Waals surface area contributed by atoms with Crippen molar-refractivity contribution in [1.82, 2.24) is 5.32 Å². The van der Waals surface area contributed by atoms with E-state index in [1.165, 1.54) is 0 Å². The third-order valence-corrected chi connectivity index (χ3v) is 4.59. The molecule has 0 aliphatic rings. The van der Waals surface area contributed by atoms with E-state index in [1.807, 2.05) is 13.8 Å². The van der Waals surface area contributed by atoms with E-state index in [4.69, 9.17) is 23.2 Å². The van der Waals surface area contributed by atoms with Gasteiger partial charge in [0, 0.05) is 13.0 Å². The zero-order valence-corrected chi connectivity index (χ0v) is 15.1. The highest BCUT2D eigenvalue weighted by molar-refractivity contribution is 7.92. The first-order valence-corrected chi connectivity index (χ1v) is 9.41. The Balaban J connectivity index is 2.87. The number of sulfonamides is 1. The molecule has 1 N–H and O–H groups in total. The van der Waals surface area contributed by atoms with Crippen LogP contribution in [0.1, 0.15) is 20.3 Å². The molecule has 0 saturated heterocycles. The van der Waals surface area contributed by atoms with Crippen molar-refractivity contribution in [3.63, 3.8) is 0 Å². The largest absolute Gasteiger partial charge is 0.354 e. The number of benzene rings is 1. The average molecular weight is 367 g/mol. The van der Waals surface area contributed by atoms with Crippen LogP contribution in [0.2, 0.25) is 10.0 Å². The molecule has 1 aromatic carbocycles. The van der Waals surface area contributed by atoms with Gasteiger partial charge in [-0.15, -0.1) is 0 Å². The number of nitrogens with one attached hydrogen (secondary N) is 1. The summed E-state index contributed by atoms with van der Waals surface area (Å²) in [6, 6.07) is 4.77. The molecule has 0 fully saturated rings. The summed E-state index contributed by atoms with van der Waals surface area (Å²) in [5.41, 5.74) is 0.228. The Labute approximate surface area is 141 Å². The van der Waals surface area contributed by atoms with Crippen LogP contribution >= 0.6 is 23.2 Å². The lowest BCUT2D eigenvalue weighted by molar-refractivity contribution is -0.121. The van der Waals surface area contributed by atoms with E-state index < -0.39 is 10.0 Å². The Bertz CT molecular complexity index is 613. The molecule has 5 nitrogen and oxygen atoms in total. The van der Waals surface area contributed by atoms with Gasteiger partial charge < -0.3 is 5.32 Å². The van der Waals surface area contributed by atoms with Crippen molar-refractivity contribution in [3.8, 4) is 0 Å². The Morgan fingerprint density at radius 2 is 1.82 bits per heavy atom. The first kappa shape index (κ1) is 19.1. The van der Waals surface area contributed by atoms with Gasteiger partial charge in [0.15, 0.2) is 0 Å². The van der Waals surface area contributed by atoms with Gasteiger partial charge >= 0.3 is 0 Å². The van der Waals surface area contributed by atoms with Gasteiger partial charge in [-0.2, -0.15) is 0 Å². The van der Waals surface area contributed by atoms with E-state index >= 15 is 0 Å². The van der Waals surface area contributed by atoms with Crippen LogP contribution in [0.15, 0.2) is 18.2 Å². The minimum atomic E-state index is -3.57. The number of carbonyl (C=O) groups excluding carboxylic acids is 1. The van der Waals surface area contributed by atoms with Crippen molar-refractivity contribution in [3.05, 3.63) is 28.2 Å². The summed E-state index contributed by atoms with van der Waals surface area (Å²) in [7, 11) is -3.57. The standard InChI is InChI=1S/C14H20Cl2N2O3S/c1-10(2)9-13(19)17-7-8-18(22(3,20)21)14-11(15)5-4-6-12(14)16/h4-6,10H,7-9H2,1-3H3,(H,17,19). The van der Waals surface area contributed by atoms with Crippen molar-refractivity contribution in [2.45, 2.75) is 20.3 Å². The van der Waals surface area contributed by atoms with Crippen molar-refractivity contribution in [1.29, 1.82) is 0 Å². The van der Waals surface area contributed by atoms with Gasteiger partial charge in [0.25, 0.3) is 0 Å². The molecular formula is C14H20Cl2N2O3S. The summed E-state index contributed by atoms with van der Waals surface area (Å²) in [6.45, 7) is 4.12. The van der Waals surface area contributed by atoms with Gasteiger partial charge in [-0.25, -0.2) is 8.42 Å². The number of anilines is 1. The molecule has 8 heteroatoms. The summed E-state index contributed by atoms with van der Waals surface area (Å²) in [5.74, 6) is 0.123. The van der Waals surface area contributed by atoms with Crippen LogP contribution in [0.25, 0.3) is 0 Å². The summed E-state index contributed by atoms with van der Waals surface area (Å²) in [6.07, 6.45) is 1.47. The van der Waals surface area contributed by atoms with Crippen molar-refractivity contribution in [2.24, 2.45) is 5.92 Å². The monoisotopic (exact) mass is 366 g/mol. The minimum absolute atomic E-state index is 0.0616. The molecule has 0 aliphatic heterocycles. The highest BCUT2D eigenvalue weighted by Gasteiger charge is 2.22. The van der Waals surface area contributed by atoms with Gasteiger partial charge in [-0.05, 0) is 18.1 Å². The Kier molecular flexibility index (Phi) is 6.97. The fourth-order valence-electron chi connectivity index (χ4n) is 1.91. The SMILES string of the molecule is CC(C)CC(=O)NCCN(c1c(Cl)cccc1Cl)S(C)(=O)=O. The topological polar surface area (TPSA) is 66.5 Å². The number of carbonyl (C=O) groups is 1. The maximum absolute atomic E-state index is 12.0. The van der Waals surface area contributed by atoms with Crippen molar-refractivity contribution in [2.75, 3.05) is 23.7 Å². The molecule has 0 aromatic heterocycles. The fraction of sp³-hybridized carbons (Fsp3) is 0.500. The van der Waals surface area contributed by atoms with Gasteiger partial charge in [-0.3, -0.25) is 9.10 Å². The third kappa shape index (κ3) is 5.66. The molecular weight excluding hydrogens is 347 g/mol. The lowest BCUT2D eigenvalue weighted by atomic mass is 10.1. The highest BCUT2D eigenvalue weighted by atomic mass is 35.5. The molecule has 0 spiro atoms. The zero-order chi connectivity index (χ0) is 16.9. The second-order valence-electron chi connectivity index (χ2n) is 5.35. The molecule has 1 aromatic rings. The molecule has 1 amide bonds. The summed E-state index contributed by atoms with van der Waals surface area (Å²) >= 11 is 12.1. The van der Waals surface area contributed by atoms with Crippen LogP contribution in [-0.2, 0) is 14.8 Å². The molecule has 0 aliphatic carbocycles. The number of amides is 1. The number of nitrogens with zero attached hydrogens (tertiary/aromatic N) is 1. The lowest BCUT2D eigenvalue weighted by Crippen LogP contribution is -2.38. The van der Waals surface area contributed by atoms with E-state index in [0.29, 0.717) is 6.42 Å². The molecule has 1 rings (SSSR count). The van der Waals surface area contributed by atoms with Crippen LogP contribution < -0.4 is 9.62 Å². The Morgan fingerprint density at radius 3 is 2.27 bits per heavy atom. The summed E-state index contributed by atoms with van der Waals surface area (Å²) in [4.78, 5) is 11.6. The normalized spacial score (nSPS) is 11.5. The first-order chi connectivity index (χ1) is 10.1. The van der Waals surface area contributed by atoms with E-state index in [-0.39, 0.29) is 40.6 Å². The Hall–Kier alpha value is -0.980. The lowest BCUT2D eigenvalue weighted by Gasteiger charge is -2.24. The molecule has 0 saturated carbocycles. The maximum Gasteiger partial charge on any atom is 0.232 e. The second kappa shape index (κ2) is 8.04. The molecule has 0 atom stereocenters. The molecule has 0 unspecified atom stereocenters. The first-order valence-electron chi connectivity index (χ1n) is 6.81.